The van der Waals surface area contributed by atoms with Crippen LogP contribution < -0.4 is 4.72 Å². The second-order valence-corrected chi connectivity index (χ2v) is 8.92. The molecule has 1 saturated carbocycles. The number of amides is 1. The monoisotopic (exact) mass is 380 g/mol. The number of carbonyl (C=O) groups is 2. The van der Waals surface area contributed by atoms with E-state index in [1.54, 1.807) is 12.1 Å². The number of aliphatic carboxylic acids is 1. The van der Waals surface area contributed by atoms with Crippen LogP contribution in [0.2, 0.25) is 0 Å². The molecule has 1 aliphatic heterocycles. The van der Waals surface area contributed by atoms with Gasteiger partial charge in [-0.15, -0.1) is 0 Å². The smallest absolute Gasteiger partial charge is 0.326 e. The van der Waals surface area contributed by atoms with Crippen LogP contribution in [-0.2, 0) is 26.0 Å². The molecule has 3 atom stereocenters. The standard InChI is InChI=1S/C18H24N2O5S/c1-19-26(24,25)14-8-5-12(6-9-14)7-10-16(21)20-11-13-3-2-4-15(13)17(20)18(22)23/h5-6,8-9,13,15,17,19H,2-4,7,10-11H2,1H3,(H,22,23). The molecule has 0 spiro atoms. The molecular weight excluding hydrogens is 356 g/mol. The number of benzene rings is 1. The number of rotatable bonds is 6. The molecule has 0 aromatic heterocycles. The predicted octanol–water partition coefficient (Wildman–Crippen LogP) is 1.24. The molecule has 2 aliphatic rings. The number of aryl methyl sites for hydroxylation is 1. The van der Waals surface area contributed by atoms with Crippen LogP contribution in [0.1, 0.15) is 31.2 Å². The molecule has 1 aliphatic carbocycles. The van der Waals surface area contributed by atoms with Gasteiger partial charge in [0.1, 0.15) is 6.04 Å². The molecule has 1 amide bonds. The van der Waals surface area contributed by atoms with Gasteiger partial charge in [-0.1, -0.05) is 18.6 Å². The van der Waals surface area contributed by atoms with Crippen molar-refractivity contribution >= 4 is 21.9 Å². The van der Waals surface area contributed by atoms with Crippen LogP contribution in [0.4, 0.5) is 0 Å². The summed E-state index contributed by atoms with van der Waals surface area (Å²) in [6.07, 6.45) is 3.60. The predicted molar refractivity (Wildman–Crippen MR) is 95.0 cm³/mol. The molecule has 26 heavy (non-hydrogen) atoms. The largest absolute Gasteiger partial charge is 0.480 e. The van der Waals surface area contributed by atoms with E-state index in [1.807, 2.05) is 0 Å². The summed E-state index contributed by atoms with van der Waals surface area (Å²) >= 11 is 0. The first-order chi connectivity index (χ1) is 12.3. The van der Waals surface area contributed by atoms with Crippen molar-refractivity contribution in [3.05, 3.63) is 29.8 Å². The number of hydrogen-bond acceptors (Lipinski definition) is 4. The summed E-state index contributed by atoms with van der Waals surface area (Å²) in [7, 11) is -2.12. The summed E-state index contributed by atoms with van der Waals surface area (Å²) in [5.74, 6) is -0.651. The molecular formula is C18H24N2O5S. The number of fused-ring (bicyclic) bond motifs is 1. The van der Waals surface area contributed by atoms with Crippen molar-refractivity contribution in [3.8, 4) is 0 Å². The number of nitrogens with one attached hydrogen (secondary N) is 1. The zero-order valence-electron chi connectivity index (χ0n) is 14.7. The van der Waals surface area contributed by atoms with Gasteiger partial charge >= 0.3 is 5.97 Å². The van der Waals surface area contributed by atoms with Gasteiger partial charge < -0.3 is 10.0 Å². The first-order valence-corrected chi connectivity index (χ1v) is 10.4. The van der Waals surface area contributed by atoms with Crippen LogP contribution in [0.3, 0.4) is 0 Å². The fourth-order valence-electron chi connectivity index (χ4n) is 4.23. The number of nitrogens with zero attached hydrogens (tertiary/aromatic N) is 1. The lowest BCUT2D eigenvalue weighted by Gasteiger charge is -2.24. The van der Waals surface area contributed by atoms with E-state index in [0.29, 0.717) is 18.9 Å². The third-order valence-electron chi connectivity index (χ3n) is 5.59. The summed E-state index contributed by atoms with van der Waals surface area (Å²) in [5, 5.41) is 9.54. The second kappa shape index (κ2) is 7.36. The Labute approximate surface area is 153 Å². The number of carboxylic acid groups (broad SMARTS) is 1. The van der Waals surface area contributed by atoms with Gasteiger partial charge in [0, 0.05) is 13.0 Å². The van der Waals surface area contributed by atoms with E-state index < -0.39 is 22.0 Å². The Kier molecular flexibility index (Phi) is 5.34. The second-order valence-electron chi connectivity index (χ2n) is 7.04. The molecule has 1 saturated heterocycles. The highest BCUT2D eigenvalue weighted by Crippen LogP contribution is 2.42. The van der Waals surface area contributed by atoms with Crippen molar-refractivity contribution in [2.75, 3.05) is 13.6 Å². The van der Waals surface area contributed by atoms with Gasteiger partial charge in [0.05, 0.1) is 4.90 Å². The van der Waals surface area contributed by atoms with Crippen LogP contribution in [0, 0.1) is 11.8 Å². The molecule has 0 radical (unpaired) electrons. The molecule has 142 valence electrons. The Bertz CT molecular complexity index is 790. The minimum atomic E-state index is -3.48. The molecule has 8 heteroatoms. The van der Waals surface area contributed by atoms with E-state index >= 15 is 0 Å². The number of carboxylic acids is 1. The van der Waals surface area contributed by atoms with Gasteiger partial charge in [0.2, 0.25) is 15.9 Å². The molecule has 7 nitrogen and oxygen atoms in total. The molecule has 3 rings (SSSR count). The van der Waals surface area contributed by atoms with Crippen LogP contribution in [0.25, 0.3) is 0 Å². The van der Waals surface area contributed by atoms with Gasteiger partial charge in [0.25, 0.3) is 0 Å². The lowest BCUT2D eigenvalue weighted by molar-refractivity contribution is -0.149. The van der Waals surface area contributed by atoms with Crippen molar-refractivity contribution in [2.24, 2.45) is 11.8 Å². The third-order valence-corrected chi connectivity index (χ3v) is 7.02. The molecule has 1 aromatic rings. The van der Waals surface area contributed by atoms with Gasteiger partial charge in [-0.3, -0.25) is 4.79 Å². The van der Waals surface area contributed by atoms with Crippen LogP contribution >= 0.6 is 0 Å². The number of sulfonamides is 1. The Morgan fingerprint density at radius 1 is 1.23 bits per heavy atom. The maximum atomic E-state index is 12.6. The fraction of sp³-hybridized carbons (Fsp3) is 0.556. The zero-order chi connectivity index (χ0) is 18.9. The molecule has 2 N–H and O–H groups in total. The summed E-state index contributed by atoms with van der Waals surface area (Å²) in [6, 6.07) is 5.69. The van der Waals surface area contributed by atoms with Gasteiger partial charge in [-0.05, 0) is 55.8 Å². The van der Waals surface area contributed by atoms with E-state index in [1.165, 1.54) is 24.1 Å². The number of carbonyl (C=O) groups excluding carboxylic acids is 1. The third kappa shape index (κ3) is 3.61. The number of likely N-dealkylation sites (tertiary alicyclic amines) is 1. The summed E-state index contributed by atoms with van der Waals surface area (Å²) < 4.78 is 25.7. The minimum absolute atomic E-state index is 0.0856. The van der Waals surface area contributed by atoms with Crippen LogP contribution in [-0.4, -0.2) is 49.9 Å². The molecule has 3 unspecified atom stereocenters. The lowest BCUT2D eigenvalue weighted by Crippen LogP contribution is -2.43. The quantitative estimate of drug-likeness (QED) is 0.773. The summed E-state index contributed by atoms with van der Waals surface area (Å²) in [4.78, 5) is 25.9. The highest BCUT2D eigenvalue weighted by molar-refractivity contribution is 7.89. The van der Waals surface area contributed by atoms with Crippen molar-refractivity contribution in [2.45, 2.75) is 43.0 Å². The Morgan fingerprint density at radius 3 is 2.54 bits per heavy atom. The first-order valence-electron chi connectivity index (χ1n) is 8.88. The molecule has 2 fully saturated rings. The highest BCUT2D eigenvalue weighted by Gasteiger charge is 2.49. The zero-order valence-corrected chi connectivity index (χ0v) is 15.5. The molecule has 1 aromatic carbocycles. The Morgan fingerprint density at radius 2 is 1.92 bits per heavy atom. The SMILES string of the molecule is CNS(=O)(=O)c1ccc(CCC(=O)N2CC3CCCC3C2C(=O)O)cc1. The topological polar surface area (TPSA) is 104 Å². The summed E-state index contributed by atoms with van der Waals surface area (Å²) in [6.45, 7) is 0.541. The van der Waals surface area contributed by atoms with E-state index in [0.717, 1.165) is 24.8 Å². The highest BCUT2D eigenvalue weighted by atomic mass is 32.2. The number of hydrogen-bond donors (Lipinski definition) is 2. The molecule has 0 bridgehead atoms. The van der Waals surface area contributed by atoms with E-state index in [2.05, 4.69) is 4.72 Å². The summed E-state index contributed by atoms with van der Waals surface area (Å²) in [5.41, 5.74) is 0.847. The van der Waals surface area contributed by atoms with Crippen LogP contribution in [0.5, 0.6) is 0 Å². The molecule has 1 heterocycles. The normalized spacial score (nSPS) is 25.3. The average Bonchev–Trinajstić information content (AvgIpc) is 3.20. The van der Waals surface area contributed by atoms with Crippen molar-refractivity contribution in [1.82, 2.24) is 9.62 Å². The Hall–Kier alpha value is -1.93. The van der Waals surface area contributed by atoms with E-state index in [4.69, 9.17) is 0 Å². The van der Waals surface area contributed by atoms with Gasteiger partial charge in [-0.2, -0.15) is 0 Å². The van der Waals surface area contributed by atoms with Gasteiger partial charge in [-0.25, -0.2) is 17.9 Å². The maximum absolute atomic E-state index is 12.6. The first kappa shape index (κ1) is 18.8. The average molecular weight is 380 g/mol. The minimum Gasteiger partial charge on any atom is -0.480 e. The van der Waals surface area contributed by atoms with Crippen LogP contribution in [0.15, 0.2) is 29.2 Å². The Balaban J connectivity index is 1.63. The van der Waals surface area contributed by atoms with Crippen molar-refractivity contribution < 1.29 is 23.1 Å². The van der Waals surface area contributed by atoms with Gasteiger partial charge in [0.15, 0.2) is 0 Å². The van der Waals surface area contributed by atoms with E-state index in [9.17, 15) is 23.1 Å². The maximum Gasteiger partial charge on any atom is 0.326 e. The fourth-order valence-corrected chi connectivity index (χ4v) is 4.96. The van der Waals surface area contributed by atoms with Crippen molar-refractivity contribution in [1.29, 1.82) is 0 Å². The lowest BCUT2D eigenvalue weighted by atomic mass is 9.94. The van der Waals surface area contributed by atoms with E-state index in [-0.39, 0.29) is 23.1 Å². The van der Waals surface area contributed by atoms with Crippen molar-refractivity contribution in [3.63, 3.8) is 0 Å².